The second kappa shape index (κ2) is 11.8. The zero-order valence-corrected chi connectivity index (χ0v) is 25.4. The van der Waals surface area contributed by atoms with E-state index in [-0.39, 0.29) is 10.2 Å². The van der Waals surface area contributed by atoms with Crippen molar-refractivity contribution in [1.82, 2.24) is 9.47 Å². The molecule has 44 heavy (non-hydrogen) atoms. The van der Waals surface area contributed by atoms with Crippen molar-refractivity contribution in [2.24, 2.45) is 0 Å². The molecule has 0 radical (unpaired) electrons. The van der Waals surface area contributed by atoms with Gasteiger partial charge in [0.2, 0.25) is 0 Å². The van der Waals surface area contributed by atoms with E-state index in [1.807, 2.05) is 24.3 Å². The summed E-state index contributed by atoms with van der Waals surface area (Å²) in [4.78, 5) is 25.6. The first kappa shape index (κ1) is 28.1. The fourth-order valence-corrected chi connectivity index (χ4v) is 7.42. The number of carboxylic acids is 1. The Kier molecular flexibility index (Phi) is 7.50. The van der Waals surface area contributed by atoms with Crippen molar-refractivity contribution in [2.75, 3.05) is 6.54 Å². The van der Waals surface area contributed by atoms with Gasteiger partial charge in [-0.3, -0.25) is 14.5 Å². The molecule has 1 saturated heterocycles. The van der Waals surface area contributed by atoms with Crippen LogP contribution in [-0.4, -0.2) is 37.3 Å². The summed E-state index contributed by atoms with van der Waals surface area (Å²) in [6.07, 6.45) is 7.20. The van der Waals surface area contributed by atoms with Crippen molar-refractivity contribution >= 4 is 68.8 Å². The molecular formula is C37H28N2O3S2. The number of hydrogen-bond acceptors (Lipinski definition) is 4. The van der Waals surface area contributed by atoms with E-state index in [9.17, 15) is 9.59 Å². The van der Waals surface area contributed by atoms with E-state index >= 15 is 0 Å². The summed E-state index contributed by atoms with van der Waals surface area (Å²) >= 11 is 6.42. The molecule has 0 spiro atoms. The molecule has 5 aromatic rings. The third kappa shape index (κ3) is 5.29. The molecule has 0 bridgehead atoms. The largest absolute Gasteiger partial charge is 0.480 e. The fourth-order valence-electron chi connectivity index (χ4n) is 6.16. The molecular weight excluding hydrogens is 585 g/mol. The monoisotopic (exact) mass is 612 g/mol. The molecule has 7 heteroatoms. The molecule has 5 nitrogen and oxygen atoms in total. The van der Waals surface area contributed by atoms with Gasteiger partial charge in [-0.15, -0.1) is 0 Å². The topological polar surface area (TPSA) is 62.5 Å². The molecule has 1 aromatic heterocycles. The molecule has 1 N–H and O–H groups in total. The predicted molar refractivity (Wildman–Crippen MR) is 183 cm³/mol. The van der Waals surface area contributed by atoms with Crippen LogP contribution in [0.1, 0.15) is 39.9 Å². The minimum atomic E-state index is -1.09. The van der Waals surface area contributed by atoms with Gasteiger partial charge in [-0.1, -0.05) is 103 Å². The Morgan fingerprint density at radius 2 is 1.52 bits per heavy atom. The number of thiocarbonyl (C=S) groups is 1. The molecule has 1 aliphatic heterocycles. The van der Waals surface area contributed by atoms with Gasteiger partial charge < -0.3 is 9.67 Å². The summed E-state index contributed by atoms with van der Waals surface area (Å²) in [5.41, 5.74) is 10.5. The van der Waals surface area contributed by atoms with Crippen LogP contribution in [0.5, 0.6) is 0 Å². The van der Waals surface area contributed by atoms with Crippen LogP contribution < -0.4 is 0 Å². The third-order valence-electron chi connectivity index (χ3n) is 8.14. The lowest BCUT2D eigenvalue weighted by Gasteiger charge is -2.12. The standard InChI is InChI=1S/C37H28N2O3S2/c40-35(41)23-38-36(42)34(44-37(38)43)22-25-16-19-33-31(21-25)29-12-7-13-32(29)39(33)28-17-14-24(15-18-28)20-30(26-8-3-1-4-9-26)27-10-5-2-6-11-27/h1-6,8-11,14-22H,7,12-13,23H2,(H,40,41)/b34-22-. The number of aliphatic carboxylic acids is 1. The number of carboxylic acid groups (broad SMARTS) is 1. The maximum absolute atomic E-state index is 12.8. The molecule has 1 fully saturated rings. The maximum atomic E-state index is 12.8. The molecule has 2 heterocycles. The van der Waals surface area contributed by atoms with Crippen molar-refractivity contribution in [3.63, 3.8) is 0 Å². The first-order valence-corrected chi connectivity index (χ1v) is 15.7. The number of hydrogen-bond donors (Lipinski definition) is 1. The second-order valence-corrected chi connectivity index (χ2v) is 12.6. The van der Waals surface area contributed by atoms with Crippen LogP contribution in [0.25, 0.3) is 34.3 Å². The van der Waals surface area contributed by atoms with E-state index in [0.29, 0.717) is 4.91 Å². The summed E-state index contributed by atoms with van der Waals surface area (Å²) in [7, 11) is 0. The van der Waals surface area contributed by atoms with Gasteiger partial charge in [-0.2, -0.15) is 0 Å². The Bertz CT molecular complexity index is 1950. The minimum absolute atomic E-state index is 0.273. The Morgan fingerprint density at radius 3 is 2.18 bits per heavy atom. The Labute approximate surface area is 265 Å². The highest BCUT2D eigenvalue weighted by Gasteiger charge is 2.33. The highest BCUT2D eigenvalue weighted by Crippen LogP contribution is 2.38. The molecule has 7 rings (SSSR count). The maximum Gasteiger partial charge on any atom is 0.323 e. The van der Waals surface area contributed by atoms with Gasteiger partial charge >= 0.3 is 5.97 Å². The lowest BCUT2D eigenvalue weighted by atomic mass is 9.96. The number of aryl methyl sites for hydroxylation is 1. The average Bonchev–Trinajstić information content (AvgIpc) is 3.71. The quantitative estimate of drug-likeness (QED) is 0.115. The number of nitrogens with zero attached hydrogens (tertiary/aromatic N) is 2. The van der Waals surface area contributed by atoms with Crippen LogP contribution in [0, 0.1) is 0 Å². The molecule has 4 aromatic carbocycles. The van der Waals surface area contributed by atoms with E-state index in [1.165, 1.54) is 33.3 Å². The van der Waals surface area contributed by atoms with Gasteiger partial charge in [0.25, 0.3) is 5.91 Å². The van der Waals surface area contributed by atoms with Crippen LogP contribution in [-0.2, 0) is 22.4 Å². The van der Waals surface area contributed by atoms with Crippen LogP contribution >= 0.6 is 24.0 Å². The highest BCUT2D eigenvalue weighted by molar-refractivity contribution is 8.26. The lowest BCUT2D eigenvalue weighted by Crippen LogP contribution is -2.33. The van der Waals surface area contributed by atoms with Gasteiger partial charge in [-0.05, 0) is 89.1 Å². The van der Waals surface area contributed by atoms with Crippen molar-refractivity contribution in [2.45, 2.75) is 19.3 Å². The molecule has 0 saturated carbocycles. The van der Waals surface area contributed by atoms with Gasteiger partial charge in [0.05, 0.1) is 10.4 Å². The van der Waals surface area contributed by atoms with Gasteiger partial charge in [-0.25, -0.2) is 0 Å². The average molecular weight is 613 g/mol. The number of fused-ring (bicyclic) bond motifs is 3. The number of amides is 1. The second-order valence-electron chi connectivity index (χ2n) is 10.9. The Hall–Kier alpha value is -4.72. The fraction of sp³-hybridized carbons (Fsp3) is 0.108. The SMILES string of the molecule is O=C(O)CN1C(=O)/C(=C/c2ccc3c(c2)c2c(n3-c3ccc(C=C(c4ccccc4)c4ccccc4)cc3)CCC2)SC1=S. The van der Waals surface area contributed by atoms with Gasteiger partial charge in [0, 0.05) is 16.8 Å². The summed E-state index contributed by atoms with van der Waals surface area (Å²) in [5, 5.41) is 10.3. The van der Waals surface area contributed by atoms with Crippen LogP contribution in [0.15, 0.2) is 108 Å². The summed E-state index contributed by atoms with van der Waals surface area (Å²) in [6.45, 7) is -0.425. The molecule has 216 valence electrons. The number of aromatic nitrogens is 1. The first-order valence-electron chi connectivity index (χ1n) is 14.5. The number of rotatable bonds is 7. The zero-order chi connectivity index (χ0) is 30.2. The van der Waals surface area contributed by atoms with Gasteiger partial charge in [0.1, 0.15) is 10.9 Å². The molecule has 1 amide bonds. The summed E-state index contributed by atoms with van der Waals surface area (Å²) in [6, 6.07) is 36.0. The molecule has 0 atom stereocenters. The van der Waals surface area contributed by atoms with E-state index in [2.05, 4.69) is 95.6 Å². The third-order valence-corrected chi connectivity index (χ3v) is 9.52. The lowest BCUT2D eigenvalue weighted by molar-refractivity contribution is -0.140. The van der Waals surface area contributed by atoms with Crippen molar-refractivity contribution in [3.05, 3.63) is 142 Å². The van der Waals surface area contributed by atoms with E-state index in [1.54, 1.807) is 0 Å². The highest BCUT2D eigenvalue weighted by atomic mass is 32.2. The molecule has 1 aliphatic carbocycles. The van der Waals surface area contributed by atoms with E-state index in [4.69, 9.17) is 17.3 Å². The summed E-state index contributed by atoms with van der Waals surface area (Å²) in [5.74, 6) is -1.44. The van der Waals surface area contributed by atoms with Crippen molar-refractivity contribution in [3.8, 4) is 5.69 Å². The van der Waals surface area contributed by atoms with Crippen LogP contribution in [0.3, 0.4) is 0 Å². The predicted octanol–water partition coefficient (Wildman–Crippen LogP) is 7.99. The Morgan fingerprint density at radius 1 is 0.864 bits per heavy atom. The number of carbonyl (C=O) groups excluding carboxylic acids is 1. The van der Waals surface area contributed by atoms with Crippen molar-refractivity contribution in [1.29, 1.82) is 0 Å². The molecule has 2 aliphatic rings. The van der Waals surface area contributed by atoms with Crippen molar-refractivity contribution < 1.29 is 14.7 Å². The number of thioether (sulfide) groups is 1. The zero-order valence-electron chi connectivity index (χ0n) is 23.8. The number of carbonyl (C=O) groups is 2. The van der Waals surface area contributed by atoms with Gasteiger partial charge in [0.15, 0.2) is 0 Å². The van der Waals surface area contributed by atoms with E-state index in [0.717, 1.165) is 58.3 Å². The van der Waals surface area contributed by atoms with Crippen LogP contribution in [0.4, 0.5) is 0 Å². The normalized spacial score (nSPS) is 15.3. The summed E-state index contributed by atoms with van der Waals surface area (Å²) < 4.78 is 2.64. The van der Waals surface area contributed by atoms with Crippen LogP contribution in [0.2, 0.25) is 0 Å². The minimum Gasteiger partial charge on any atom is -0.480 e. The smallest absolute Gasteiger partial charge is 0.323 e. The molecule has 0 unspecified atom stereocenters. The Balaban J connectivity index is 1.24. The van der Waals surface area contributed by atoms with E-state index < -0.39 is 12.5 Å². The first-order chi connectivity index (χ1) is 21.5. The number of benzene rings is 4.